The molecule has 0 spiro atoms. The second-order valence-electron chi connectivity index (χ2n) is 3.46. The first-order valence-corrected chi connectivity index (χ1v) is 4.74. The lowest BCUT2D eigenvalue weighted by molar-refractivity contribution is 0.397. The van der Waals surface area contributed by atoms with Gasteiger partial charge in [-0.05, 0) is 13.3 Å². The van der Waals surface area contributed by atoms with Gasteiger partial charge in [0, 0.05) is 5.92 Å². The third-order valence-electron chi connectivity index (χ3n) is 1.99. The Balaban J connectivity index is 2.67. The van der Waals surface area contributed by atoms with Crippen molar-refractivity contribution in [3.05, 3.63) is 11.8 Å². The van der Waals surface area contributed by atoms with Gasteiger partial charge in [0.1, 0.15) is 0 Å². The van der Waals surface area contributed by atoms with Gasteiger partial charge < -0.3 is 10.2 Å². The summed E-state index contributed by atoms with van der Waals surface area (Å²) in [6, 6.07) is -0.171. The smallest absolute Gasteiger partial charge is 0.232 e. The van der Waals surface area contributed by atoms with Gasteiger partial charge in [0.05, 0.1) is 6.04 Å². The Labute approximate surface area is 78.5 Å². The van der Waals surface area contributed by atoms with E-state index < -0.39 is 0 Å². The molecule has 2 atom stereocenters. The summed E-state index contributed by atoms with van der Waals surface area (Å²) in [7, 11) is 0. The maximum atomic E-state index is 5.60. The Hall–Kier alpha value is -0.900. The van der Waals surface area contributed by atoms with Gasteiger partial charge in [0.15, 0.2) is 0 Å². The Morgan fingerprint density at radius 1 is 1.31 bits per heavy atom. The summed E-state index contributed by atoms with van der Waals surface area (Å²) >= 11 is 0. The third kappa shape index (κ3) is 2.52. The van der Waals surface area contributed by atoms with E-state index in [1.807, 2.05) is 6.92 Å². The maximum absolute atomic E-state index is 5.60. The average molecular weight is 183 g/mol. The minimum atomic E-state index is -0.171. The molecule has 13 heavy (non-hydrogen) atoms. The van der Waals surface area contributed by atoms with Crippen LogP contribution in [-0.4, -0.2) is 10.2 Å². The van der Waals surface area contributed by atoms with Crippen molar-refractivity contribution in [1.29, 1.82) is 0 Å². The first-order valence-electron chi connectivity index (χ1n) is 4.74. The van der Waals surface area contributed by atoms with E-state index >= 15 is 0 Å². The van der Waals surface area contributed by atoms with E-state index in [0.717, 1.165) is 12.8 Å². The largest absolute Gasteiger partial charge is 0.423 e. The summed E-state index contributed by atoms with van der Waals surface area (Å²) in [6.07, 6.45) is 2.19. The molecular weight excluding hydrogens is 166 g/mol. The molecule has 0 bridgehead atoms. The monoisotopic (exact) mass is 183 g/mol. The molecule has 0 aliphatic rings. The number of hydrogen-bond donors (Lipinski definition) is 1. The Kier molecular flexibility index (Phi) is 3.42. The van der Waals surface area contributed by atoms with Gasteiger partial charge in [-0.15, -0.1) is 10.2 Å². The van der Waals surface area contributed by atoms with Crippen molar-refractivity contribution in [1.82, 2.24) is 10.2 Å². The fourth-order valence-corrected chi connectivity index (χ4v) is 1.19. The summed E-state index contributed by atoms with van der Waals surface area (Å²) in [6.45, 7) is 6.06. The standard InChI is InChI=1S/C9H17N3O/c1-4-5-6(2)8-11-12-9(13-8)7(3)10/h6-7H,4-5,10H2,1-3H3. The van der Waals surface area contributed by atoms with Gasteiger partial charge in [0.25, 0.3) is 0 Å². The molecule has 0 saturated heterocycles. The van der Waals surface area contributed by atoms with Crippen LogP contribution < -0.4 is 5.73 Å². The molecule has 1 aromatic heterocycles. The molecule has 0 aliphatic carbocycles. The van der Waals surface area contributed by atoms with E-state index in [4.69, 9.17) is 10.2 Å². The first kappa shape index (κ1) is 10.2. The average Bonchev–Trinajstić information content (AvgIpc) is 2.52. The number of nitrogens with zero attached hydrogens (tertiary/aromatic N) is 2. The highest BCUT2D eigenvalue weighted by molar-refractivity contribution is 4.91. The molecule has 74 valence electrons. The minimum Gasteiger partial charge on any atom is -0.423 e. The molecule has 1 aromatic rings. The molecule has 4 heteroatoms. The van der Waals surface area contributed by atoms with Crippen LogP contribution in [-0.2, 0) is 0 Å². The molecule has 0 radical (unpaired) electrons. The van der Waals surface area contributed by atoms with Crippen LogP contribution in [0.15, 0.2) is 4.42 Å². The zero-order valence-electron chi connectivity index (χ0n) is 8.45. The summed E-state index contributed by atoms with van der Waals surface area (Å²) in [5, 5.41) is 7.84. The minimum absolute atomic E-state index is 0.171. The van der Waals surface area contributed by atoms with Crippen LogP contribution in [0.2, 0.25) is 0 Å². The summed E-state index contributed by atoms with van der Waals surface area (Å²) in [4.78, 5) is 0. The number of hydrogen-bond acceptors (Lipinski definition) is 4. The molecule has 0 aromatic carbocycles. The number of aromatic nitrogens is 2. The SMILES string of the molecule is CCCC(C)c1nnc(C(C)N)o1. The summed E-state index contributed by atoms with van der Waals surface area (Å²) < 4.78 is 5.41. The fraction of sp³-hybridized carbons (Fsp3) is 0.778. The number of nitrogens with two attached hydrogens (primary N) is 1. The molecule has 2 N–H and O–H groups in total. The van der Waals surface area contributed by atoms with E-state index in [9.17, 15) is 0 Å². The highest BCUT2D eigenvalue weighted by atomic mass is 16.4. The van der Waals surface area contributed by atoms with Crippen LogP contribution in [0.1, 0.15) is 57.4 Å². The van der Waals surface area contributed by atoms with Crippen molar-refractivity contribution in [3.8, 4) is 0 Å². The van der Waals surface area contributed by atoms with E-state index in [1.54, 1.807) is 0 Å². The maximum Gasteiger partial charge on any atom is 0.232 e. The van der Waals surface area contributed by atoms with Crippen LogP contribution in [0, 0.1) is 0 Å². The number of rotatable bonds is 4. The fourth-order valence-electron chi connectivity index (χ4n) is 1.19. The highest BCUT2D eigenvalue weighted by Crippen LogP contribution is 2.20. The Bertz CT molecular complexity index is 257. The van der Waals surface area contributed by atoms with Gasteiger partial charge >= 0.3 is 0 Å². The molecule has 1 rings (SSSR count). The van der Waals surface area contributed by atoms with Crippen molar-refractivity contribution in [2.45, 2.75) is 45.6 Å². The zero-order valence-corrected chi connectivity index (χ0v) is 8.45. The zero-order chi connectivity index (χ0) is 9.84. The van der Waals surface area contributed by atoms with Crippen LogP contribution in [0.3, 0.4) is 0 Å². The Morgan fingerprint density at radius 2 is 1.92 bits per heavy atom. The van der Waals surface area contributed by atoms with Gasteiger partial charge in [0.2, 0.25) is 11.8 Å². The molecular formula is C9H17N3O. The lowest BCUT2D eigenvalue weighted by Crippen LogP contribution is -2.04. The van der Waals surface area contributed by atoms with Gasteiger partial charge in [-0.1, -0.05) is 20.3 Å². The molecule has 0 aliphatic heterocycles. The lowest BCUT2D eigenvalue weighted by atomic mass is 10.1. The van der Waals surface area contributed by atoms with Crippen molar-refractivity contribution >= 4 is 0 Å². The second-order valence-corrected chi connectivity index (χ2v) is 3.46. The van der Waals surface area contributed by atoms with E-state index in [-0.39, 0.29) is 6.04 Å². The molecule has 2 unspecified atom stereocenters. The summed E-state index contributed by atoms with van der Waals surface area (Å²) in [5.41, 5.74) is 5.60. The van der Waals surface area contributed by atoms with Gasteiger partial charge in [-0.3, -0.25) is 0 Å². The van der Waals surface area contributed by atoms with Crippen LogP contribution in [0.4, 0.5) is 0 Å². The molecule has 0 saturated carbocycles. The predicted molar refractivity (Wildman–Crippen MR) is 50.2 cm³/mol. The van der Waals surface area contributed by atoms with Gasteiger partial charge in [-0.2, -0.15) is 0 Å². The van der Waals surface area contributed by atoms with E-state index in [0.29, 0.717) is 17.7 Å². The second kappa shape index (κ2) is 4.37. The quantitative estimate of drug-likeness (QED) is 0.775. The van der Waals surface area contributed by atoms with Crippen LogP contribution in [0.5, 0.6) is 0 Å². The van der Waals surface area contributed by atoms with E-state index in [1.165, 1.54) is 0 Å². The predicted octanol–water partition coefficient (Wildman–Crippen LogP) is 1.99. The lowest BCUT2D eigenvalue weighted by Gasteiger charge is -2.02. The topological polar surface area (TPSA) is 64.9 Å². The third-order valence-corrected chi connectivity index (χ3v) is 1.99. The van der Waals surface area contributed by atoms with Gasteiger partial charge in [-0.25, -0.2) is 0 Å². The van der Waals surface area contributed by atoms with Crippen molar-refractivity contribution < 1.29 is 4.42 Å². The normalized spacial score (nSPS) is 15.7. The highest BCUT2D eigenvalue weighted by Gasteiger charge is 2.14. The molecule has 0 amide bonds. The van der Waals surface area contributed by atoms with Crippen LogP contribution >= 0.6 is 0 Å². The van der Waals surface area contributed by atoms with E-state index in [2.05, 4.69) is 24.0 Å². The molecule has 4 nitrogen and oxygen atoms in total. The van der Waals surface area contributed by atoms with Crippen molar-refractivity contribution in [2.75, 3.05) is 0 Å². The van der Waals surface area contributed by atoms with Crippen LogP contribution in [0.25, 0.3) is 0 Å². The molecule has 0 fully saturated rings. The Morgan fingerprint density at radius 3 is 2.38 bits per heavy atom. The van der Waals surface area contributed by atoms with Crippen molar-refractivity contribution in [2.24, 2.45) is 5.73 Å². The van der Waals surface area contributed by atoms with Crippen molar-refractivity contribution in [3.63, 3.8) is 0 Å². The molecule has 1 heterocycles. The first-order chi connectivity index (χ1) is 6.15. The summed E-state index contributed by atoms with van der Waals surface area (Å²) in [5.74, 6) is 1.57.